The third-order valence-electron chi connectivity index (χ3n) is 4.98. The molecular formula is C19H19F2N3O2. The van der Waals surface area contributed by atoms with Crippen molar-refractivity contribution in [2.24, 2.45) is 0 Å². The van der Waals surface area contributed by atoms with Gasteiger partial charge in [-0.3, -0.25) is 4.79 Å². The van der Waals surface area contributed by atoms with Gasteiger partial charge in [-0.25, -0.2) is 9.37 Å². The first-order valence-electron chi connectivity index (χ1n) is 8.62. The van der Waals surface area contributed by atoms with Gasteiger partial charge in [0.05, 0.1) is 12.1 Å². The van der Waals surface area contributed by atoms with Crippen LogP contribution in [0, 0.1) is 11.8 Å². The highest BCUT2D eigenvalue weighted by molar-refractivity contribution is 5.83. The Labute approximate surface area is 150 Å². The highest BCUT2D eigenvalue weighted by atomic mass is 19.1. The number of anilines is 1. The fourth-order valence-electron chi connectivity index (χ4n) is 3.77. The first kappa shape index (κ1) is 16.8. The normalized spacial score (nSPS) is 22.6. The van der Waals surface area contributed by atoms with Gasteiger partial charge in [-0.1, -0.05) is 6.07 Å². The van der Waals surface area contributed by atoms with Crippen LogP contribution in [0.5, 0.6) is 5.75 Å². The third kappa shape index (κ3) is 3.09. The molecule has 1 aromatic carbocycles. The maximum atomic E-state index is 13.3. The second kappa shape index (κ2) is 6.55. The summed E-state index contributed by atoms with van der Waals surface area (Å²) < 4.78 is 32.2. The molecule has 4 heterocycles. The van der Waals surface area contributed by atoms with Crippen molar-refractivity contribution in [1.29, 1.82) is 0 Å². The van der Waals surface area contributed by atoms with Crippen LogP contribution in [0.1, 0.15) is 13.3 Å². The van der Waals surface area contributed by atoms with E-state index in [4.69, 9.17) is 4.74 Å². The Balaban J connectivity index is 1.40. The molecule has 0 N–H and O–H groups in total. The largest absolute Gasteiger partial charge is 0.481 e. The number of hydrogen-bond donors (Lipinski definition) is 0. The van der Waals surface area contributed by atoms with Gasteiger partial charge in [0.15, 0.2) is 6.10 Å². The number of ether oxygens (including phenoxy) is 1. The highest BCUT2D eigenvalue weighted by Crippen LogP contribution is 2.35. The van der Waals surface area contributed by atoms with E-state index in [0.29, 0.717) is 18.8 Å². The van der Waals surface area contributed by atoms with Gasteiger partial charge in [-0.05, 0) is 31.5 Å². The quantitative estimate of drug-likeness (QED) is 0.788. The first-order valence-corrected chi connectivity index (χ1v) is 8.62. The zero-order valence-corrected chi connectivity index (χ0v) is 14.3. The van der Waals surface area contributed by atoms with E-state index in [1.165, 1.54) is 24.4 Å². The lowest BCUT2D eigenvalue weighted by Gasteiger charge is -2.57. The predicted octanol–water partition coefficient (Wildman–Crippen LogP) is 2.62. The number of piperazine rings is 1. The van der Waals surface area contributed by atoms with Crippen LogP contribution in [-0.2, 0) is 4.79 Å². The fraction of sp³-hybridized carbons (Fsp3) is 0.368. The summed E-state index contributed by atoms with van der Waals surface area (Å²) in [5.74, 6) is -0.670. The Morgan fingerprint density at radius 3 is 2.69 bits per heavy atom. The Kier molecular flexibility index (Phi) is 4.22. The molecule has 0 saturated carbocycles. The van der Waals surface area contributed by atoms with Gasteiger partial charge in [0, 0.05) is 37.1 Å². The van der Waals surface area contributed by atoms with Crippen molar-refractivity contribution in [3.8, 4) is 5.75 Å². The zero-order chi connectivity index (χ0) is 18.3. The van der Waals surface area contributed by atoms with Crippen molar-refractivity contribution in [2.45, 2.75) is 31.5 Å². The maximum absolute atomic E-state index is 13.3. The zero-order valence-electron chi connectivity index (χ0n) is 14.3. The molecule has 3 unspecified atom stereocenters. The summed E-state index contributed by atoms with van der Waals surface area (Å²) in [6.07, 6.45) is 1.69. The van der Waals surface area contributed by atoms with Gasteiger partial charge >= 0.3 is 0 Å². The van der Waals surface area contributed by atoms with Gasteiger partial charge in [0.25, 0.3) is 5.91 Å². The van der Waals surface area contributed by atoms with E-state index < -0.39 is 17.9 Å². The van der Waals surface area contributed by atoms with Crippen LogP contribution in [0.2, 0.25) is 0 Å². The number of aromatic nitrogens is 1. The molecule has 5 nitrogen and oxygen atoms in total. The number of fused-ring (bicyclic) bond motifs is 2. The van der Waals surface area contributed by atoms with Crippen molar-refractivity contribution < 1.29 is 18.3 Å². The molecule has 2 aromatic rings. The molecular weight excluding hydrogens is 340 g/mol. The summed E-state index contributed by atoms with van der Waals surface area (Å²) in [5.41, 5.74) is 0.781. The average Bonchev–Trinajstić information content (AvgIpc) is 2.61. The Morgan fingerprint density at radius 1 is 1.23 bits per heavy atom. The van der Waals surface area contributed by atoms with Crippen LogP contribution in [0.15, 0.2) is 42.6 Å². The summed E-state index contributed by atoms with van der Waals surface area (Å²) in [7, 11) is 0. The molecule has 3 saturated heterocycles. The van der Waals surface area contributed by atoms with Crippen LogP contribution < -0.4 is 9.64 Å². The average molecular weight is 359 g/mol. The molecule has 3 aliphatic heterocycles. The lowest BCUT2D eigenvalue weighted by Crippen LogP contribution is -2.71. The van der Waals surface area contributed by atoms with Crippen LogP contribution in [0.4, 0.5) is 14.5 Å². The molecule has 5 rings (SSSR count). The predicted molar refractivity (Wildman–Crippen MR) is 91.9 cm³/mol. The molecule has 0 spiro atoms. The summed E-state index contributed by atoms with van der Waals surface area (Å²) in [6, 6.07) is 9.11. The van der Waals surface area contributed by atoms with Crippen molar-refractivity contribution >= 4 is 11.6 Å². The van der Waals surface area contributed by atoms with Crippen LogP contribution in [0.25, 0.3) is 0 Å². The monoisotopic (exact) mass is 359 g/mol. The molecule has 3 aliphatic rings. The van der Waals surface area contributed by atoms with E-state index in [-0.39, 0.29) is 18.0 Å². The molecule has 7 heteroatoms. The molecule has 3 fully saturated rings. The minimum Gasteiger partial charge on any atom is -0.481 e. The van der Waals surface area contributed by atoms with Crippen molar-refractivity contribution in [1.82, 2.24) is 9.88 Å². The van der Waals surface area contributed by atoms with E-state index in [9.17, 15) is 13.6 Å². The van der Waals surface area contributed by atoms with Crippen LogP contribution in [0.3, 0.4) is 0 Å². The first-order chi connectivity index (χ1) is 12.5. The molecule has 0 aliphatic carbocycles. The van der Waals surface area contributed by atoms with Crippen LogP contribution >= 0.6 is 0 Å². The van der Waals surface area contributed by atoms with Gasteiger partial charge in [0.2, 0.25) is 5.95 Å². The lowest BCUT2D eigenvalue weighted by atomic mass is 9.86. The number of nitrogens with zero attached hydrogens (tertiary/aromatic N) is 3. The minimum atomic E-state index is -0.688. The molecule has 136 valence electrons. The van der Waals surface area contributed by atoms with E-state index >= 15 is 0 Å². The number of halogens is 2. The number of carbonyl (C=O) groups excluding carboxylic acids is 1. The smallest absolute Gasteiger partial charge is 0.263 e. The number of pyridine rings is 1. The van der Waals surface area contributed by atoms with E-state index in [0.717, 1.165) is 12.1 Å². The second-order valence-electron chi connectivity index (χ2n) is 6.75. The van der Waals surface area contributed by atoms with Gasteiger partial charge in [-0.15, -0.1) is 0 Å². The number of carbonyl (C=O) groups is 1. The van der Waals surface area contributed by atoms with Crippen LogP contribution in [-0.4, -0.2) is 47.1 Å². The van der Waals surface area contributed by atoms with Crippen molar-refractivity contribution in [2.75, 3.05) is 18.0 Å². The standard InChI is InChI=1S/C19H19F2N3O2/c1-12(26-17-4-2-3-13(20)7-17)19(25)24-15-8-16(24)11-23(10-15)14-5-6-22-18(21)9-14/h2-7,9,12,15-16H,8,10-11H2,1H3. The van der Waals surface area contributed by atoms with Gasteiger partial charge < -0.3 is 14.5 Å². The number of piperidine rings is 1. The van der Waals surface area contributed by atoms with Crippen molar-refractivity contribution in [3.05, 3.63) is 54.4 Å². The number of amides is 1. The minimum absolute atomic E-state index is 0.0797. The molecule has 1 aromatic heterocycles. The highest BCUT2D eigenvalue weighted by Gasteiger charge is 2.48. The van der Waals surface area contributed by atoms with Gasteiger partial charge in [0.1, 0.15) is 11.6 Å². The summed E-state index contributed by atoms with van der Waals surface area (Å²) in [6.45, 7) is 2.98. The molecule has 3 atom stereocenters. The van der Waals surface area contributed by atoms with Gasteiger partial charge in [-0.2, -0.15) is 4.39 Å². The van der Waals surface area contributed by atoms with Crippen molar-refractivity contribution in [3.63, 3.8) is 0 Å². The number of rotatable bonds is 4. The van der Waals surface area contributed by atoms with E-state index in [2.05, 4.69) is 9.88 Å². The molecule has 0 radical (unpaired) electrons. The Morgan fingerprint density at radius 2 is 2.00 bits per heavy atom. The number of benzene rings is 1. The second-order valence-corrected chi connectivity index (χ2v) is 6.75. The topological polar surface area (TPSA) is 45.7 Å². The number of hydrogen-bond acceptors (Lipinski definition) is 4. The van der Waals surface area contributed by atoms with E-state index in [1.807, 2.05) is 4.90 Å². The molecule has 1 amide bonds. The molecule has 2 bridgehead atoms. The Hall–Kier alpha value is -2.70. The fourth-order valence-corrected chi connectivity index (χ4v) is 3.77. The Bertz CT molecular complexity index is 820. The lowest BCUT2D eigenvalue weighted by molar-refractivity contribution is -0.153. The third-order valence-corrected chi connectivity index (χ3v) is 4.98. The molecule has 26 heavy (non-hydrogen) atoms. The summed E-state index contributed by atoms with van der Waals surface area (Å²) in [5, 5.41) is 0. The summed E-state index contributed by atoms with van der Waals surface area (Å²) in [4.78, 5) is 20.2. The SMILES string of the molecule is CC(Oc1cccc(F)c1)C(=O)N1C2CC1CN(c1ccnc(F)c1)C2. The maximum Gasteiger partial charge on any atom is 0.263 e. The summed E-state index contributed by atoms with van der Waals surface area (Å²) >= 11 is 0. The van der Waals surface area contributed by atoms with E-state index in [1.54, 1.807) is 25.1 Å².